The highest BCUT2D eigenvalue weighted by Crippen LogP contribution is 2.32. The molecule has 0 bridgehead atoms. The summed E-state index contributed by atoms with van der Waals surface area (Å²) in [5.41, 5.74) is 0.189. The number of pyridine rings is 1. The van der Waals surface area contributed by atoms with E-state index in [-0.39, 0.29) is 24.7 Å². The highest BCUT2D eigenvalue weighted by Gasteiger charge is 2.31. The standard InChI is InChI=1S/C21H28N4O4S/c1-13(23-14(2)26)9-27-16-7-15(8-16)10-28-18-6-5-17-19(25-18)30-20(24-17)29-12-21(3,4)11-22/h5-6,13,15-16H,7-10,12H2,1-4H3,(H,23,26)/t13-,15?,16?/m0/s1. The van der Waals surface area contributed by atoms with Gasteiger partial charge in [0.2, 0.25) is 11.8 Å². The molecule has 0 aliphatic heterocycles. The van der Waals surface area contributed by atoms with E-state index in [1.165, 1.54) is 18.3 Å². The predicted octanol–water partition coefficient (Wildman–Crippen LogP) is 3.32. The molecule has 2 aromatic heterocycles. The maximum atomic E-state index is 11.0. The summed E-state index contributed by atoms with van der Waals surface area (Å²) < 4.78 is 17.3. The molecule has 1 fully saturated rings. The van der Waals surface area contributed by atoms with Crippen LogP contribution in [-0.2, 0) is 9.53 Å². The number of nitrogens with one attached hydrogen (secondary N) is 1. The van der Waals surface area contributed by atoms with Crippen molar-refractivity contribution in [1.82, 2.24) is 15.3 Å². The summed E-state index contributed by atoms with van der Waals surface area (Å²) in [7, 11) is 0. The monoisotopic (exact) mass is 432 g/mol. The molecule has 2 heterocycles. The Kier molecular flexibility index (Phi) is 7.10. The molecule has 9 heteroatoms. The van der Waals surface area contributed by atoms with E-state index >= 15 is 0 Å². The average Bonchev–Trinajstić information content (AvgIpc) is 3.06. The highest BCUT2D eigenvalue weighted by molar-refractivity contribution is 7.19. The fourth-order valence-electron chi connectivity index (χ4n) is 3.02. The number of carbonyl (C=O) groups excluding carboxylic acids is 1. The number of rotatable bonds is 10. The van der Waals surface area contributed by atoms with Crippen LogP contribution in [0, 0.1) is 22.7 Å². The first-order valence-electron chi connectivity index (χ1n) is 10.1. The van der Waals surface area contributed by atoms with Crippen LogP contribution in [0.25, 0.3) is 10.3 Å². The van der Waals surface area contributed by atoms with Gasteiger partial charge in [0.15, 0.2) is 4.83 Å². The summed E-state index contributed by atoms with van der Waals surface area (Å²) in [6, 6.07) is 5.91. The number of fused-ring (bicyclic) bond motifs is 1. The summed E-state index contributed by atoms with van der Waals surface area (Å²) >= 11 is 1.35. The van der Waals surface area contributed by atoms with Crippen LogP contribution in [0.2, 0.25) is 0 Å². The minimum absolute atomic E-state index is 0.0213. The van der Waals surface area contributed by atoms with Crippen LogP contribution in [0.15, 0.2) is 12.1 Å². The van der Waals surface area contributed by atoms with Crippen molar-refractivity contribution < 1.29 is 19.0 Å². The molecule has 3 rings (SSSR count). The molecule has 8 nitrogen and oxygen atoms in total. The summed E-state index contributed by atoms with van der Waals surface area (Å²) in [4.78, 5) is 20.7. The van der Waals surface area contributed by atoms with Gasteiger partial charge >= 0.3 is 0 Å². The molecular weight excluding hydrogens is 404 g/mol. The molecule has 162 valence electrons. The number of nitriles is 1. The smallest absolute Gasteiger partial charge is 0.275 e. The summed E-state index contributed by atoms with van der Waals surface area (Å²) in [6.45, 7) is 8.49. The Morgan fingerprint density at radius 2 is 2.13 bits per heavy atom. The number of hydrogen-bond acceptors (Lipinski definition) is 8. The second kappa shape index (κ2) is 9.58. The predicted molar refractivity (Wildman–Crippen MR) is 114 cm³/mol. The third kappa shape index (κ3) is 6.28. The number of amides is 1. The van der Waals surface area contributed by atoms with Crippen molar-refractivity contribution in [2.75, 3.05) is 19.8 Å². The lowest BCUT2D eigenvalue weighted by molar-refractivity contribution is -0.120. The first-order chi connectivity index (χ1) is 14.2. The Morgan fingerprint density at radius 3 is 2.83 bits per heavy atom. The molecule has 1 N–H and O–H groups in total. The minimum Gasteiger partial charge on any atom is -0.477 e. The molecule has 1 saturated carbocycles. The molecule has 0 spiro atoms. The van der Waals surface area contributed by atoms with Gasteiger partial charge in [0.25, 0.3) is 5.19 Å². The largest absolute Gasteiger partial charge is 0.477 e. The molecule has 0 unspecified atom stereocenters. The van der Waals surface area contributed by atoms with Crippen molar-refractivity contribution in [2.24, 2.45) is 11.3 Å². The van der Waals surface area contributed by atoms with E-state index in [4.69, 9.17) is 19.5 Å². The van der Waals surface area contributed by atoms with Crippen molar-refractivity contribution in [3.8, 4) is 17.1 Å². The van der Waals surface area contributed by atoms with E-state index in [0.29, 0.717) is 30.2 Å². The fourth-order valence-corrected chi connectivity index (χ4v) is 3.80. The zero-order valence-corrected chi connectivity index (χ0v) is 18.6. The van der Waals surface area contributed by atoms with Gasteiger partial charge < -0.3 is 19.5 Å². The maximum Gasteiger partial charge on any atom is 0.275 e. The van der Waals surface area contributed by atoms with Crippen LogP contribution in [-0.4, -0.2) is 47.8 Å². The molecule has 1 amide bonds. The summed E-state index contributed by atoms with van der Waals surface area (Å²) in [6.07, 6.45) is 2.12. The first-order valence-corrected chi connectivity index (χ1v) is 10.9. The van der Waals surface area contributed by atoms with Gasteiger partial charge in [-0.2, -0.15) is 5.26 Å². The van der Waals surface area contributed by atoms with Gasteiger partial charge in [-0.15, -0.1) is 0 Å². The molecule has 0 aromatic carbocycles. The van der Waals surface area contributed by atoms with Gasteiger partial charge in [-0.25, -0.2) is 9.97 Å². The number of carbonyl (C=O) groups is 1. The topological polar surface area (TPSA) is 106 Å². The van der Waals surface area contributed by atoms with Crippen LogP contribution in [0.4, 0.5) is 0 Å². The van der Waals surface area contributed by atoms with Crippen molar-refractivity contribution >= 4 is 27.6 Å². The van der Waals surface area contributed by atoms with Gasteiger partial charge in [0, 0.05) is 19.0 Å². The molecular formula is C21H28N4O4S. The van der Waals surface area contributed by atoms with Crippen LogP contribution in [0.1, 0.15) is 40.5 Å². The summed E-state index contributed by atoms with van der Waals surface area (Å²) in [5.74, 6) is 0.969. The lowest BCUT2D eigenvalue weighted by atomic mass is 9.83. The lowest BCUT2D eigenvalue weighted by Gasteiger charge is -2.35. The Hall–Kier alpha value is -2.44. The van der Waals surface area contributed by atoms with Gasteiger partial charge in [-0.05, 0) is 45.6 Å². The second-order valence-electron chi connectivity index (χ2n) is 8.44. The van der Waals surface area contributed by atoms with E-state index in [0.717, 1.165) is 23.2 Å². The maximum absolute atomic E-state index is 11.0. The lowest BCUT2D eigenvalue weighted by Crippen LogP contribution is -2.40. The number of ether oxygens (including phenoxy) is 3. The quantitative estimate of drug-likeness (QED) is 0.614. The second-order valence-corrected chi connectivity index (χ2v) is 9.38. The van der Waals surface area contributed by atoms with E-state index in [9.17, 15) is 4.79 Å². The van der Waals surface area contributed by atoms with Crippen molar-refractivity contribution in [3.63, 3.8) is 0 Å². The average molecular weight is 433 g/mol. The third-order valence-electron chi connectivity index (χ3n) is 4.76. The number of thiazole rings is 1. The Bertz CT molecular complexity index is 917. The molecule has 1 atom stereocenters. The number of hydrogen-bond donors (Lipinski definition) is 1. The van der Waals surface area contributed by atoms with Crippen molar-refractivity contribution in [1.29, 1.82) is 5.26 Å². The number of aromatic nitrogens is 2. The van der Waals surface area contributed by atoms with Gasteiger partial charge in [-0.3, -0.25) is 4.79 Å². The van der Waals surface area contributed by atoms with Crippen LogP contribution in [0.5, 0.6) is 11.1 Å². The van der Waals surface area contributed by atoms with Crippen LogP contribution < -0.4 is 14.8 Å². The van der Waals surface area contributed by atoms with Crippen molar-refractivity contribution in [3.05, 3.63) is 12.1 Å². The normalized spacial score (nSPS) is 19.6. The van der Waals surface area contributed by atoms with E-state index in [1.807, 2.05) is 32.9 Å². The fraction of sp³-hybridized carbons (Fsp3) is 0.619. The van der Waals surface area contributed by atoms with Gasteiger partial charge in [0.1, 0.15) is 12.1 Å². The number of nitrogens with zero attached hydrogens (tertiary/aromatic N) is 3. The molecule has 1 aliphatic rings. The Morgan fingerprint density at radius 1 is 1.37 bits per heavy atom. The van der Waals surface area contributed by atoms with Crippen LogP contribution in [0.3, 0.4) is 0 Å². The Labute approximate surface area is 180 Å². The van der Waals surface area contributed by atoms with E-state index in [1.54, 1.807) is 0 Å². The van der Waals surface area contributed by atoms with E-state index < -0.39 is 5.41 Å². The molecule has 30 heavy (non-hydrogen) atoms. The first kappa shape index (κ1) is 22.2. The van der Waals surface area contributed by atoms with Gasteiger partial charge in [0.05, 0.1) is 30.8 Å². The molecule has 1 aliphatic carbocycles. The minimum atomic E-state index is -0.564. The molecule has 0 saturated heterocycles. The van der Waals surface area contributed by atoms with Gasteiger partial charge in [-0.1, -0.05) is 11.3 Å². The zero-order chi connectivity index (χ0) is 21.7. The van der Waals surface area contributed by atoms with Crippen molar-refractivity contribution in [2.45, 2.75) is 52.7 Å². The highest BCUT2D eigenvalue weighted by atomic mass is 32.1. The molecule has 0 radical (unpaired) electrons. The zero-order valence-electron chi connectivity index (χ0n) is 17.8. The SMILES string of the molecule is CC(=O)N[C@@H](C)COC1CC(COc2ccc3nc(OCC(C)(C)C#N)sc3n2)C1. The van der Waals surface area contributed by atoms with E-state index in [2.05, 4.69) is 21.4 Å². The molecule has 2 aromatic rings. The Balaban J connectivity index is 1.42. The summed E-state index contributed by atoms with van der Waals surface area (Å²) in [5, 5.41) is 12.4. The third-order valence-corrected chi connectivity index (χ3v) is 5.64. The van der Waals surface area contributed by atoms with Crippen LogP contribution >= 0.6 is 11.3 Å².